The molecular formula is C38H47N7O7S. The molecule has 0 radical (unpaired) electrons. The molecule has 53 heavy (non-hydrogen) atoms. The molecule has 7 rings (SSSR count). The molecule has 3 aromatic heterocycles. The number of nitrogens with one attached hydrogen (secondary N) is 3. The Balaban J connectivity index is 1.18. The molecule has 2 aliphatic heterocycles. The molecule has 0 unspecified atom stereocenters. The first-order valence-corrected chi connectivity index (χ1v) is 19.6. The maximum absolute atomic E-state index is 14.5. The minimum Gasteiger partial charge on any atom is -0.479 e. The van der Waals surface area contributed by atoms with E-state index in [-0.39, 0.29) is 37.5 Å². The molecule has 0 spiro atoms. The van der Waals surface area contributed by atoms with Crippen LogP contribution < -0.4 is 20.7 Å². The lowest BCUT2D eigenvalue weighted by Gasteiger charge is -2.29. The molecule has 2 saturated carbocycles. The van der Waals surface area contributed by atoms with Crippen LogP contribution in [-0.4, -0.2) is 91.3 Å². The number of hydrogen-bond donors (Lipinski definition) is 4. The predicted octanol–water partition coefficient (Wildman–Crippen LogP) is 5.44. The number of amides is 3. The number of carboxylic acid groups (broad SMARTS) is 1. The van der Waals surface area contributed by atoms with Gasteiger partial charge in [-0.2, -0.15) is 4.98 Å². The number of ether oxygens (including phenoxy) is 2. The molecule has 2 aliphatic carbocycles. The van der Waals surface area contributed by atoms with Crippen molar-refractivity contribution >= 4 is 51.2 Å². The molecule has 0 bridgehead atoms. The molecule has 5 heterocycles. The summed E-state index contributed by atoms with van der Waals surface area (Å²) in [7, 11) is 0. The summed E-state index contributed by atoms with van der Waals surface area (Å²) in [6.07, 6.45) is 9.70. The summed E-state index contributed by atoms with van der Waals surface area (Å²) in [4.78, 5) is 70.5. The van der Waals surface area contributed by atoms with Crippen molar-refractivity contribution in [1.82, 2.24) is 30.5 Å². The Labute approximate surface area is 312 Å². The zero-order valence-electron chi connectivity index (χ0n) is 30.1. The topological polar surface area (TPSA) is 185 Å². The van der Waals surface area contributed by atoms with Gasteiger partial charge in [-0.25, -0.2) is 19.6 Å². The SMILES string of the molecule is CC(C)Nc1cccc(-c2nc(O[C@@H]3C[C@H]4C(=O)N[C@]5(C(=O)O)C[C@H]5/C=C\CCCCC[C@H](NC(=O)OC5CCCC5)C(=O)N4C3)c3ccsc3n2)n1. The van der Waals surface area contributed by atoms with Crippen LogP contribution in [0, 0.1) is 5.92 Å². The largest absolute Gasteiger partial charge is 0.479 e. The van der Waals surface area contributed by atoms with Crippen molar-refractivity contribution in [3.8, 4) is 17.4 Å². The Morgan fingerprint density at radius 3 is 2.64 bits per heavy atom. The van der Waals surface area contributed by atoms with Crippen LogP contribution in [0.25, 0.3) is 21.7 Å². The number of pyridine rings is 1. The van der Waals surface area contributed by atoms with Gasteiger partial charge in [0.15, 0.2) is 5.82 Å². The van der Waals surface area contributed by atoms with Crippen LogP contribution >= 0.6 is 11.3 Å². The molecule has 282 valence electrons. The van der Waals surface area contributed by atoms with Gasteiger partial charge >= 0.3 is 12.1 Å². The molecule has 4 aliphatic rings. The Morgan fingerprint density at radius 2 is 1.85 bits per heavy atom. The predicted molar refractivity (Wildman–Crippen MR) is 198 cm³/mol. The summed E-state index contributed by atoms with van der Waals surface area (Å²) in [5.41, 5.74) is -0.893. The third-order valence-electron chi connectivity index (χ3n) is 10.5. The highest BCUT2D eigenvalue weighted by Gasteiger charge is 2.61. The highest BCUT2D eigenvalue weighted by atomic mass is 32.1. The molecule has 14 nitrogen and oxygen atoms in total. The van der Waals surface area contributed by atoms with Crippen LogP contribution in [0.3, 0.4) is 0 Å². The third-order valence-corrected chi connectivity index (χ3v) is 11.3. The van der Waals surface area contributed by atoms with Gasteiger partial charge in [-0.1, -0.05) is 31.1 Å². The van der Waals surface area contributed by atoms with E-state index >= 15 is 0 Å². The number of carboxylic acids is 1. The number of alkyl carbamates (subject to hydrolysis) is 1. The number of rotatable bonds is 8. The van der Waals surface area contributed by atoms with Crippen LogP contribution in [0.5, 0.6) is 5.88 Å². The van der Waals surface area contributed by atoms with E-state index in [4.69, 9.17) is 24.4 Å². The summed E-state index contributed by atoms with van der Waals surface area (Å²) in [6.45, 7) is 4.07. The Hall–Kier alpha value is -4.79. The summed E-state index contributed by atoms with van der Waals surface area (Å²) in [6, 6.07) is 5.62. The van der Waals surface area contributed by atoms with Gasteiger partial charge in [0.1, 0.15) is 46.2 Å². The van der Waals surface area contributed by atoms with Gasteiger partial charge in [0.05, 0.1) is 11.9 Å². The van der Waals surface area contributed by atoms with E-state index in [1.54, 1.807) is 0 Å². The fourth-order valence-electron chi connectivity index (χ4n) is 7.61. The van der Waals surface area contributed by atoms with E-state index in [2.05, 4.69) is 16.0 Å². The number of carbonyl (C=O) groups is 4. The fraction of sp³-hybridized carbons (Fsp3) is 0.553. The Morgan fingerprint density at radius 1 is 1.04 bits per heavy atom. The van der Waals surface area contributed by atoms with Gasteiger partial charge in [0.25, 0.3) is 0 Å². The van der Waals surface area contributed by atoms with Crippen LogP contribution in [0.4, 0.5) is 10.6 Å². The number of anilines is 1. The van der Waals surface area contributed by atoms with Crippen molar-refractivity contribution in [2.45, 2.75) is 120 Å². The van der Waals surface area contributed by atoms with Crippen molar-refractivity contribution in [2.24, 2.45) is 5.92 Å². The Bertz CT molecular complexity index is 1880. The molecular weight excluding hydrogens is 699 g/mol. The molecule has 4 N–H and O–H groups in total. The van der Waals surface area contributed by atoms with Gasteiger partial charge in [-0.05, 0) is 88.8 Å². The first-order chi connectivity index (χ1) is 25.6. The lowest BCUT2D eigenvalue weighted by Crippen LogP contribution is -2.56. The quantitative estimate of drug-likeness (QED) is 0.215. The molecule has 3 aromatic rings. The van der Waals surface area contributed by atoms with E-state index in [0.29, 0.717) is 46.3 Å². The smallest absolute Gasteiger partial charge is 0.408 e. The average molecular weight is 746 g/mol. The summed E-state index contributed by atoms with van der Waals surface area (Å²) in [5.74, 6) is -1.13. The van der Waals surface area contributed by atoms with Crippen molar-refractivity contribution in [2.75, 3.05) is 11.9 Å². The normalized spacial score (nSPS) is 27.3. The van der Waals surface area contributed by atoms with E-state index < -0.39 is 47.6 Å². The van der Waals surface area contributed by atoms with E-state index in [0.717, 1.165) is 44.9 Å². The first kappa shape index (κ1) is 36.6. The van der Waals surface area contributed by atoms with Gasteiger partial charge in [-0.3, -0.25) is 9.59 Å². The standard InChI is InChI=1S/C38H47N7O7S/c1-22(2)39-30-16-10-15-27(40-30)31-42-33(26-17-18-53-34(26)43-31)51-25-19-29-32(46)44-38(36(48)49)20-23(38)11-6-4-3-5-7-14-28(35(47)45(29)21-25)41-37(50)52-24-12-8-9-13-24/h6,10-11,15-18,22-25,28-29H,3-5,7-9,12-14,19-21H2,1-2H3,(H,39,40)(H,41,50)(H,44,46)(H,48,49)/b11-6-/t23-,25-,28+,29+,38-/m1/s1. The molecule has 5 atom stereocenters. The van der Waals surface area contributed by atoms with E-state index in [1.165, 1.54) is 16.2 Å². The van der Waals surface area contributed by atoms with Crippen molar-refractivity contribution in [3.05, 3.63) is 41.8 Å². The van der Waals surface area contributed by atoms with Gasteiger partial charge in [0, 0.05) is 18.4 Å². The minimum atomic E-state index is -1.44. The van der Waals surface area contributed by atoms with Crippen molar-refractivity contribution in [3.63, 3.8) is 0 Å². The maximum atomic E-state index is 14.5. The second kappa shape index (κ2) is 15.7. The first-order valence-electron chi connectivity index (χ1n) is 18.7. The number of aliphatic carboxylic acids is 1. The van der Waals surface area contributed by atoms with Crippen LogP contribution in [0.2, 0.25) is 0 Å². The maximum Gasteiger partial charge on any atom is 0.408 e. The second-order valence-electron chi connectivity index (χ2n) is 14.8. The molecule has 1 saturated heterocycles. The number of carbonyl (C=O) groups excluding carboxylic acids is 3. The number of thiophene rings is 1. The molecule has 3 fully saturated rings. The monoisotopic (exact) mass is 745 g/mol. The number of allylic oxidation sites excluding steroid dienone is 1. The van der Waals surface area contributed by atoms with Crippen LogP contribution in [0.15, 0.2) is 41.8 Å². The van der Waals surface area contributed by atoms with Crippen LogP contribution in [-0.2, 0) is 19.1 Å². The zero-order chi connectivity index (χ0) is 37.1. The molecule has 0 aromatic carbocycles. The van der Waals surface area contributed by atoms with Crippen LogP contribution in [0.1, 0.15) is 84.5 Å². The zero-order valence-corrected chi connectivity index (χ0v) is 30.9. The van der Waals surface area contributed by atoms with E-state index in [1.807, 2.05) is 55.6 Å². The van der Waals surface area contributed by atoms with E-state index in [9.17, 15) is 24.3 Å². The third kappa shape index (κ3) is 8.24. The highest BCUT2D eigenvalue weighted by molar-refractivity contribution is 7.16. The number of aromatic nitrogens is 3. The van der Waals surface area contributed by atoms with Crippen molar-refractivity contribution < 1.29 is 33.8 Å². The minimum absolute atomic E-state index is 0.0210. The Kier molecular flexibility index (Phi) is 10.8. The fourth-order valence-corrected chi connectivity index (χ4v) is 8.36. The van der Waals surface area contributed by atoms with Gasteiger partial charge in [-0.15, -0.1) is 11.3 Å². The average Bonchev–Trinajstić information content (AvgIpc) is 3.57. The number of nitrogens with zero attached hydrogens (tertiary/aromatic N) is 4. The highest BCUT2D eigenvalue weighted by Crippen LogP contribution is 2.45. The number of fused-ring (bicyclic) bond motifs is 3. The number of hydrogen-bond acceptors (Lipinski definition) is 11. The van der Waals surface area contributed by atoms with Gasteiger partial charge in [0.2, 0.25) is 17.7 Å². The van der Waals surface area contributed by atoms with Crippen molar-refractivity contribution in [1.29, 1.82) is 0 Å². The summed E-state index contributed by atoms with van der Waals surface area (Å²) >= 11 is 1.43. The molecule has 3 amide bonds. The summed E-state index contributed by atoms with van der Waals surface area (Å²) < 4.78 is 12.2. The molecule has 15 heteroatoms. The van der Waals surface area contributed by atoms with Gasteiger partial charge < -0.3 is 35.4 Å². The lowest BCUT2D eigenvalue weighted by molar-refractivity contribution is -0.145. The second-order valence-corrected chi connectivity index (χ2v) is 15.7. The summed E-state index contributed by atoms with van der Waals surface area (Å²) in [5, 5.41) is 21.7. The lowest BCUT2D eigenvalue weighted by atomic mass is 10.0.